The maximum atomic E-state index is 14.0. The molecule has 0 aliphatic carbocycles. The van der Waals surface area contributed by atoms with E-state index in [4.69, 9.17) is 42.6 Å². The van der Waals surface area contributed by atoms with Crippen molar-refractivity contribution in [2.45, 2.75) is 194 Å². The van der Waals surface area contributed by atoms with Crippen molar-refractivity contribution in [2.24, 2.45) is 11.8 Å². The summed E-state index contributed by atoms with van der Waals surface area (Å²) in [4.78, 5) is 14.0. The first-order chi connectivity index (χ1) is 25.1. The zero-order valence-electron chi connectivity index (χ0n) is 30.7. The second-order valence-corrected chi connectivity index (χ2v) is 17.4. The van der Waals surface area contributed by atoms with Gasteiger partial charge in [0.2, 0.25) is 0 Å². The Labute approximate surface area is 306 Å². The van der Waals surface area contributed by atoms with Crippen LogP contribution in [0.15, 0.2) is 24.3 Å². The predicted molar refractivity (Wildman–Crippen MR) is 184 cm³/mol. The van der Waals surface area contributed by atoms with Crippen LogP contribution < -0.4 is 0 Å². The van der Waals surface area contributed by atoms with Gasteiger partial charge < -0.3 is 52.8 Å². The van der Waals surface area contributed by atoms with Crippen LogP contribution in [0.1, 0.15) is 90.4 Å². The molecule has 2 N–H and O–H groups in total. The van der Waals surface area contributed by atoms with Gasteiger partial charge in [-0.3, -0.25) is 4.79 Å². The maximum absolute atomic E-state index is 14.0. The highest BCUT2D eigenvalue weighted by molar-refractivity contribution is 5.79. The minimum atomic E-state index is -0.951. The van der Waals surface area contributed by atoms with Crippen LogP contribution in [0.5, 0.6) is 0 Å². The third-order valence-corrected chi connectivity index (χ3v) is 13.9. The van der Waals surface area contributed by atoms with Gasteiger partial charge >= 0.3 is 0 Å². The first-order valence-corrected chi connectivity index (χ1v) is 20.1. The van der Waals surface area contributed by atoms with E-state index in [9.17, 15) is 15.0 Å². The first-order valence-electron chi connectivity index (χ1n) is 20.1. The van der Waals surface area contributed by atoms with Gasteiger partial charge in [-0.25, -0.2) is 0 Å². The summed E-state index contributed by atoms with van der Waals surface area (Å²) in [5.41, 5.74) is 2.17. The van der Waals surface area contributed by atoms with Crippen molar-refractivity contribution in [1.29, 1.82) is 0 Å². The fourth-order valence-electron chi connectivity index (χ4n) is 11.3. The Morgan fingerprint density at radius 3 is 2.37 bits per heavy atom. The van der Waals surface area contributed by atoms with Crippen LogP contribution in [0, 0.1) is 11.8 Å². The zero-order chi connectivity index (χ0) is 35.9. The molecule has 52 heavy (non-hydrogen) atoms. The smallest absolute Gasteiger partial charge is 0.172 e. The monoisotopic (exact) mass is 730 g/mol. The van der Waals surface area contributed by atoms with Gasteiger partial charge in [0.1, 0.15) is 36.3 Å². The molecule has 0 amide bonds. The molecule has 12 heteroatoms. The van der Waals surface area contributed by atoms with Gasteiger partial charge in [-0.15, -0.1) is 0 Å². The lowest BCUT2D eigenvalue weighted by Gasteiger charge is -2.47. The van der Waals surface area contributed by atoms with Gasteiger partial charge in [0, 0.05) is 51.6 Å². The van der Waals surface area contributed by atoms with Crippen LogP contribution in [0.3, 0.4) is 0 Å². The number of aliphatic hydroxyl groups excluding tert-OH is 2. The highest BCUT2D eigenvalue weighted by atomic mass is 16.8. The minimum absolute atomic E-state index is 0.0260. The first kappa shape index (κ1) is 36.4. The molecular weight excluding hydrogens is 672 g/mol. The summed E-state index contributed by atoms with van der Waals surface area (Å²) in [6.07, 6.45) is 4.01. The van der Waals surface area contributed by atoms with Crippen molar-refractivity contribution in [2.75, 3.05) is 13.7 Å². The minimum Gasteiger partial charge on any atom is -0.394 e. The molecule has 19 atom stereocenters. The Morgan fingerprint density at radius 2 is 1.54 bits per heavy atom. The van der Waals surface area contributed by atoms with Crippen molar-refractivity contribution in [3.05, 3.63) is 24.3 Å². The van der Waals surface area contributed by atoms with Gasteiger partial charge in [-0.05, 0) is 62.0 Å². The normalized spacial score (nSPS) is 52.4. The number of rotatable bonds is 4. The molecule has 0 radical (unpaired) electrons. The lowest BCUT2D eigenvalue weighted by Crippen LogP contribution is -2.61. The molecule has 10 aliphatic heterocycles. The molecule has 10 saturated heterocycles. The SMILES string of the molecule is C=C1C[C@@H]2CC[C@]34C[C@H]5O[C@H]6[C@@H](O3)[C@H]3O[C@@H](CC[C@@H]3O[C@H]6[C@@H]5O4)CC(=O)C[C@@H]3[C@@H](OC)[C@@H](C[C@H](O)CO)O[C@H]3C[C@H]3O[C@@H](CC[C@@H]1O2)C[C@@H](C)C3=C. The summed E-state index contributed by atoms with van der Waals surface area (Å²) >= 11 is 0. The summed E-state index contributed by atoms with van der Waals surface area (Å²) in [5.74, 6) is -0.709. The van der Waals surface area contributed by atoms with Crippen molar-refractivity contribution < 1.29 is 57.6 Å². The van der Waals surface area contributed by atoms with Crippen LogP contribution in [-0.4, -0.2) is 133 Å². The predicted octanol–water partition coefficient (Wildman–Crippen LogP) is 3.47. The number of methoxy groups -OCH3 is 1. The number of hydrogen-bond donors (Lipinski definition) is 2. The molecular formula is C40H58O12. The van der Waals surface area contributed by atoms with E-state index in [0.717, 1.165) is 49.7 Å². The molecule has 0 aromatic heterocycles. The summed E-state index contributed by atoms with van der Waals surface area (Å²) in [5, 5.41) is 20.1. The lowest BCUT2D eigenvalue weighted by molar-refractivity contribution is -0.292. The summed E-state index contributed by atoms with van der Waals surface area (Å²) in [6, 6.07) is 0. The average molecular weight is 731 g/mol. The standard InChI is InChI=1S/C40H58O12/c1-19-11-24-5-7-28-20(2)12-26(45-28)9-10-40-17-33-36(51-40)37-38(50-33)39(52-40)35-29(49-37)8-6-25(47-35)13-22(42)14-27-31(16-30(46-24)21(19)3)48-32(34(27)44-4)15-23(43)18-41/h19,23-39,41,43H,2-3,5-18H2,1,4H3/t19-,23+,24+,25+,26+,27+,28+,29+,30-,31+,32-,33-,34-,35+,36-,37+,38-,39+,40-/m1/s1. The van der Waals surface area contributed by atoms with Crippen LogP contribution in [0.2, 0.25) is 0 Å². The van der Waals surface area contributed by atoms with Gasteiger partial charge in [0.25, 0.3) is 0 Å². The quantitative estimate of drug-likeness (QED) is 0.410. The number of aliphatic hydroxyl groups is 2. The van der Waals surface area contributed by atoms with Crippen LogP contribution in [0.25, 0.3) is 0 Å². The number of ketones is 1. The third-order valence-electron chi connectivity index (χ3n) is 13.9. The van der Waals surface area contributed by atoms with E-state index in [1.54, 1.807) is 7.11 Å². The lowest BCUT2D eigenvalue weighted by atomic mass is 9.81. The molecule has 0 saturated carbocycles. The molecule has 0 aromatic rings. The summed E-state index contributed by atoms with van der Waals surface area (Å²) in [6.45, 7) is 10.7. The highest BCUT2D eigenvalue weighted by Gasteiger charge is 2.68. The maximum Gasteiger partial charge on any atom is 0.172 e. The number of carbonyl (C=O) groups excluding carboxylic acids is 1. The van der Waals surface area contributed by atoms with Crippen molar-refractivity contribution >= 4 is 5.78 Å². The van der Waals surface area contributed by atoms with Crippen LogP contribution >= 0.6 is 0 Å². The van der Waals surface area contributed by atoms with E-state index in [1.807, 2.05) is 0 Å². The number of ether oxygens (including phenoxy) is 9. The highest BCUT2D eigenvalue weighted by Crippen LogP contribution is 2.54. The molecule has 10 heterocycles. The van der Waals surface area contributed by atoms with Crippen molar-refractivity contribution in [1.82, 2.24) is 0 Å². The number of fused-ring (bicyclic) bond motifs is 6. The second-order valence-electron chi connectivity index (χ2n) is 17.4. The van der Waals surface area contributed by atoms with E-state index < -0.39 is 24.1 Å². The zero-order valence-corrected chi connectivity index (χ0v) is 30.7. The van der Waals surface area contributed by atoms with E-state index in [2.05, 4.69) is 20.1 Å². The van der Waals surface area contributed by atoms with Crippen LogP contribution in [0.4, 0.5) is 0 Å². The Hall–Kier alpha value is -1.29. The summed E-state index contributed by atoms with van der Waals surface area (Å²) in [7, 11) is 1.63. The fraction of sp³-hybridized carbons (Fsp3) is 0.875. The molecule has 10 rings (SSSR count). The molecule has 0 aromatic carbocycles. The molecule has 1 spiro atoms. The number of hydrogen-bond acceptors (Lipinski definition) is 12. The van der Waals surface area contributed by atoms with E-state index in [1.165, 1.54) is 0 Å². The second kappa shape index (κ2) is 14.3. The van der Waals surface area contributed by atoms with Crippen molar-refractivity contribution in [3.8, 4) is 0 Å². The van der Waals surface area contributed by atoms with E-state index >= 15 is 0 Å². The van der Waals surface area contributed by atoms with E-state index in [-0.39, 0.29) is 123 Å². The molecule has 290 valence electrons. The molecule has 10 fully saturated rings. The van der Waals surface area contributed by atoms with Gasteiger partial charge in [-0.2, -0.15) is 0 Å². The largest absolute Gasteiger partial charge is 0.394 e. The van der Waals surface area contributed by atoms with Crippen molar-refractivity contribution in [3.63, 3.8) is 0 Å². The topological polar surface area (TPSA) is 141 Å². The molecule has 10 aliphatic rings. The molecule has 12 nitrogen and oxygen atoms in total. The Morgan fingerprint density at radius 1 is 0.788 bits per heavy atom. The molecule has 0 unspecified atom stereocenters. The summed E-state index contributed by atoms with van der Waals surface area (Å²) < 4.78 is 59.8. The Kier molecular flexibility index (Phi) is 10.0. The van der Waals surface area contributed by atoms with Crippen LogP contribution in [-0.2, 0) is 47.4 Å². The van der Waals surface area contributed by atoms with E-state index in [0.29, 0.717) is 25.7 Å². The average Bonchev–Trinajstić information content (AvgIpc) is 3.79. The fourth-order valence-corrected chi connectivity index (χ4v) is 11.3. The molecule has 12 bridgehead atoms. The van der Waals surface area contributed by atoms with Gasteiger partial charge in [0.15, 0.2) is 5.79 Å². The Bertz CT molecular complexity index is 1370. The number of Topliss-reactive ketones (excluding diaryl/α,β-unsaturated/α-hetero) is 1. The van der Waals surface area contributed by atoms with Gasteiger partial charge in [0.05, 0.1) is 73.8 Å². The Balaban J connectivity index is 0.994. The third kappa shape index (κ3) is 6.59. The number of carbonyl (C=O) groups is 1. The van der Waals surface area contributed by atoms with Gasteiger partial charge in [-0.1, -0.05) is 20.1 Å².